The van der Waals surface area contributed by atoms with Gasteiger partial charge in [0.2, 0.25) is 0 Å². The maximum Gasteiger partial charge on any atom is 0.532 e. The van der Waals surface area contributed by atoms with Crippen molar-refractivity contribution in [3.8, 4) is 51.4 Å². The van der Waals surface area contributed by atoms with Crippen LogP contribution < -0.4 is 32.5 Å². The van der Waals surface area contributed by atoms with E-state index < -0.39 is 22.8 Å². The van der Waals surface area contributed by atoms with Gasteiger partial charge in [0, 0.05) is 21.9 Å². The third-order valence-electron chi connectivity index (χ3n) is 8.87. The third kappa shape index (κ3) is 6.90. The molecule has 0 saturated carbocycles. The van der Waals surface area contributed by atoms with Crippen molar-refractivity contribution < 1.29 is 50.2 Å². The molecule has 13 heteroatoms. The average molecular weight is 757 g/mol. The van der Waals surface area contributed by atoms with Gasteiger partial charge >= 0.3 is 22.8 Å². The Labute approximate surface area is 308 Å². The molecule has 2 heterocycles. The van der Waals surface area contributed by atoms with Crippen LogP contribution >= 0.6 is 16.8 Å². The molecule has 1 aliphatic heterocycles. The second-order valence-corrected chi connectivity index (χ2v) is 14.6. The van der Waals surface area contributed by atoms with Crippen molar-refractivity contribution >= 4 is 44.8 Å². The normalized spacial score (nSPS) is 13.5. The average Bonchev–Trinajstić information content (AvgIpc) is 3.30. The molecule has 0 spiro atoms. The van der Waals surface area contributed by atoms with Crippen LogP contribution in [0.5, 0.6) is 40.2 Å². The monoisotopic (exact) mass is 756 g/mol. The first-order valence-corrected chi connectivity index (χ1v) is 18.8. The van der Waals surface area contributed by atoms with Crippen molar-refractivity contribution in [2.45, 2.75) is 34.6 Å². The van der Waals surface area contributed by atoms with Crippen LogP contribution in [0.25, 0.3) is 33.1 Å². The Kier molecular flexibility index (Phi) is 9.81. The van der Waals surface area contributed by atoms with E-state index in [0.717, 1.165) is 33.0 Å². The third-order valence-corrected chi connectivity index (χ3v) is 10.9. The highest BCUT2D eigenvalue weighted by molar-refractivity contribution is 7.43. The highest BCUT2D eigenvalue weighted by atomic mass is 31.2. The number of fused-ring (bicyclic) bond motifs is 4. The van der Waals surface area contributed by atoms with Crippen molar-refractivity contribution in [1.82, 2.24) is 0 Å². The van der Waals surface area contributed by atoms with Gasteiger partial charge < -0.3 is 45.4 Å². The lowest BCUT2D eigenvalue weighted by Gasteiger charge is -2.25. The molecule has 0 N–H and O–H groups in total. The molecule has 53 heavy (non-hydrogen) atoms. The smallest absolute Gasteiger partial charge is 0.497 e. The molecule has 5 aromatic carbocycles. The van der Waals surface area contributed by atoms with Crippen LogP contribution in [-0.2, 0) is 4.52 Å². The van der Waals surface area contributed by atoms with Gasteiger partial charge in [0.05, 0.1) is 28.4 Å². The zero-order chi connectivity index (χ0) is 37.6. The SMILES string of the molecule is COc1cc(C)c(OP2OC(=O)c3ccc(C)cc3O2)c(-c2cc(OC)cc(C)c2Op2oc3c(C)cc(OC)cc3c3cc(OC)cc(C)c3o2)c1. The molecule has 0 amide bonds. The number of hydrogen-bond acceptors (Lipinski definition) is 11. The molecular weight excluding hydrogens is 718 g/mol. The summed E-state index contributed by atoms with van der Waals surface area (Å²) in [5, 5.41) is 1.55. The number of rotatable bonds is 9. The van der Waals surface area contributed by atoms with E-state index in [9.17, 15) is 4.79 Å². The second-order valence-electron chi connectivity index (χ2n) is 12.6. The van der Waals surface area contributed by atoms with E-state index in [1.54, 1.807) is 40.6 Å². The van der Waals surface area contributed by atoms with Crippen LogP contribution in [0.3, 0.4) is 0 Å². The van der Waals surface area contributed by atoms with Gasteiger partial charge in [-0.1, -0.05) is 6.07 Å². The molecule has 1 unspecified atom stereocenters. The summed E-state index contributed by atoms with van der Waals surface area (Å²) < 4.78 is 61.0. The lowest BCUT2D eigenvalue weighted by Crippen LogP contribution is -2.15. The minimum absolute atomic E-state index is 0.333. The summed E-state index contributed by atoms with van der Waals surface area (Å²) in [4.78, 5) is 13.0. The predicted molar refractivity (Wildman–Crippen MR) is 204 cm³/mol. The summed E-state index contributed by atoms with van der Waals surface area (Å²) in [5.41, 5.74) is 6.71. The number of hydrogen-bond donors (Lipinski definition) is 0. The van der Waals surface area contributed by atoms with E-state index >= 15 is 0 Å². The highest BCUT2D eigenvalue weighted by Gasteiger charge is 2.34. The van der Waals surface area contributed by atoms with Crippen LogP contribution in [0.4, 0.5) is 0 Å². The molecule has 1 atom stereocenters. The van der Waals surface area contributed by atoms with Crippen molar-refractivity contribution in [3.63, 3.8) is 0 Å². The van der Waals surface area contributed by atoms with Crippen molar-refractivity contribution in [3.05, 3.63) is 100 Å². The van der Waals surface area contributed by atoms with E-state index in [4.69, 9.17) is 45.4 Å². The largest absolute Gasteiger partial charge is 0.532 e. The fourth-order valence-electron chi connectivity index (χ4n) is 6.20. The van der Waals surface area contributed by atoms with Crippen LogP contribution in [0.2, 0.25) is 0 Å². The second kappa shape index (κ2) is 14.5. The van der Waals surface area contributed by atoms with Gasteiger partial charge in [-0.2, -0.15) is 0 Å². The van der Waals surface area contributed by atoms with Crippen LogP contribution in [-0.4, -0.2) is 34.4 Å². The minimum Gasteiger partial charge on any atom is -0.497 e. The van der Waals surface area contributed by atoms with Gasteiger partial charge in [-0.15, -0.1) is 0 Å². The molecule has 0 aliphatic carbocycles. The van der Waals surface area contributed by atoms with Crippen molar-refractivity contribution in [2.75, 3.05) is 28.4 Å². The van der Waals surface area contributed by atoms with E-state index in [1.165, 1.54) is 0 Å². The Balaban J connectivity index is 1.42. The van der Waals surface area contributed by atoms with E-state index in [0.29, 0.717) is 73.7 Å². The molecule has 0 fully saturated rings. The van der Waals surface area contributed by atoms with Gasteiger partial charge in [-0.05, 0) is 123 Å². The molecule has 11 nitrogen and oxygen atoms in total. The zero-order valence-electron chi connectivity index (χ0n) is 30.7. The maximum absolute atomic E-state index is 13.0. The van der Waals surface area contributed by atoms with Gasteiger partial charge in [0.15, 0.2) is 0 Å². The Morgan fingerprint density at radius 2 is 0.981 bits per heavy atom. The minimum atomic E-state index is -2.17. The Bertz CT molecular complexity index is 2380. The van der Waals surface area contributed by atoms with Crippen LogP contribution in [0.15, 0.2) is 75.1 Å². The summed E-state index contributed by atoms with van der Waals surface area (Å²) in [7, 11) is 2.14. The van der Waals surface area contributed by atoms with E-state index in [2.05, 4.69) is 0 Å². The lowest BCUT2D eigenvalue weighted by atomic mass is 9.98. The van der Waals surface area contributed by atoms with Crippen molar-refractivity contribution in [1.29, 1.82) is 0 Å². The fraction of sp³-hybridized carbons (Fsp3) is 0.225. The number of carbonyl (C=O) groups excluding carboxylic acids is 1. The van der Waals surface area contributed by atoms with E-state index in [-0.39, 0.29) is 0 Å². The summed E-state index contributed by atoms with van der Waals surface area (Å²) in [5.74, 6) is 3.20. The molecule has 0 radical (unpaired) electrons. The van der Waals surface area contributed by atoms with Crippen LogP contribution in [0, 0.1) is 34.6 Å². The zero-order valence-corrected chi connectivity index (χ0v) is 32.5. The number of carbonyl (C=O) groups is 1. The topological polar surface area (TPSA) is 117 Å². The molecule has 7 rings (SSSR count). The maximum atomic E-state index is 13.0. The summed E-state index contributed by atoms with van der Waals surface area (Å²) >= 11 is 0. The number of aryl methyl sites for hydroxylation is 5. The molecule has 0 saturated heterocycles. The Morgan fingerprint density at radius 3 is 1.49 bits per heavy atom. The molecule has 0 bridgehead atoms. The standard InChI is InChI=1S/C40H38O11P2/c1-21-10-11-30-35(12-21)46-52(51-40(30)41)47-36-22(2)13-26(42-6)17-31(36)32-18-27(43-7)14-23(3)37(32)48-53-49-38-24(4)15-28(44-8)19-33(38)34-20-29(45-9)16-25(5)39(34)50-53/h10-20H,1-9H3. The predicted octanol–water partition coefficient (Wildman–Crippen LogP) is 11.2. The number of methoxy groups -OCH3 is 4. The lowest BCUT2D eigenvalue weighted by molar-refractivity contribution is 0.0697. The first kappa shape index (κ1) is 35.9. The molecule has 1 aliphatic rings. The van der Waals surface area contributed by atoms with Gasteiger partial charge in [-0.3, -0.25) is 0 Å². The molecule has 6 aromatic rings. The van der Waals surface area contributed by atoms with Gasteiger partial charge in [-0.25, -0.2) is 4.79 Å². The first-order chi connectivity index (χ1) is 25.5. The summed E-state index contributed by atoms with van der Waals surface area (Å²) in [6, 6.07) is 20.3. The summed E-state index contributed by atoms with van der Waals surface area (Å²) in [6.07, 6.45) is 0. The Morgan fingerprint density at radius 1 is 0.509 bits per heavy atom. The molecule has 274 valence electrons. The van der Waals surface area contributed by atoms with Gasteiger partial charge in [0.1, 0.15) is 57.0 Å². The molecule has 1 aromatic heterocycles. The quantitative estimate of drug-likeness (QED) is 0.131. The number of benzene rings is 5. The first-order valence-electron chi connectivity index (χ1n) is 16.6. The van der Waals surface area contributed by atoms with Crippen LogP contribution in [0.1, 0.15) is 38.2 Å². The van der Waals surface area contributed by atoms with E-state index in [1.807, 2.05) is 89.2 Å². The van der Waals surface area contributed by atoms with Crippen molar-refractivity contribution in [2.24, 2.45) is 0 Å². The number of ether oxygens (including phenoxy) is 4. The highest BCUT2D eigenvalue weighted by Crippen LogP contribution is 2.53. The Hall–Kier alpha value is -5.50. The van der Waals surface area contributed by atoms with Gasteiger partial charge in [0.25, 0.3) is 0 Å². The summed E-state index contributed by atoms with van der Waals surface area (Å²) in [6.45, 7) is 9.59. The fourth-order valence-corrected chi connectivity index (χ4v) is 8.54. The molecular formula is C40H38O11P2.